The lowest BCUT2D eigenvalue weighted by Gasteiger charge is -2.07. The van der Waals surface area contributed by atoms with Crippen LogP contribution in [0.4, 0.5) is 0 Å². The van der Waals surface area contributed by atoms with Crippen molar-refractivity contribution in [1.29, 1.82) is 0 Å². The van der Waals surface area contributed by atoms with E-state index in [1.807, 2.05) is 60.8 Å². The number of aromatic nitrogens is 3. The minimum atomic E-state index is -0.0899. The molecule has 0 aliphatic heterocycles. The number of benzene rings is 3. The number of hydrogen-bond acceptors (Lipinski definition) is 3. The molecule has 0 fully saturated rings. The molecule has 0 radical (unpaired) electrons. The van der Waals surface area contributed by atoms with Gasteiger partial charge in [0, 0.05) is 35.3 Å². The Balaban J connectivity index is 1.20. The second-order valence-corrected chi connectivity index (χ2v) is 7.44. The topological polar surface area (TPSA) is 82.8 Å². The second kappa shape index (κ2) is 8.36. The van der Waals surface area contributed by atoms with Crippen molar-refractivity contribution >= 4 is 27.8 Å². The zero-order valence-corrected chi connectivity index (χ0v) is 16.9. The third kappa shape index (κ3) is 4.14. The summed E-state index contributed by atoms with van der Waals surface area (Å²) in [5.41, 5.74) is 5.65. The Morgan fingerprint density at radius 3 is 2.77 bits per heavy atom. The highest BCUT2D eigenvalue weighted by Crippen LogP contribution is 2.24. The maximum Gasteiger partial charge on any atom is 0.251 e. The van der Waals surface area contributed by atoms with Crippen LogP contribution < -0.4 is 10.1 Å². The summed E-state index contributed by atoms with van der Waals surface area (Å²) in [7, 11) is 0. The molecule has 5 rings (SSSR count). The van der Waals surface area contributed by atoms with E-state index in [1.54, 1.807) is 12.4 Å². The average molecular weight is 410 g/mol. The Bertz CT molecular complexity index is 1340. The Labute approximate surface area is 179 Å². The third-order valence-electron chi connectivity index (χ3n) is 5.35. The van der Waals surface area contributed by atoms with Crippen LogP contribution in [0, 0.1) is 0 Å². The van der Waals surface area contributed by atoms with Crippen molar-refractivity contribution in [3.05, 3.63) is 95.9 Å². The number of nitrogens with zero attached hydrogens (tertiary/aromatic N) is 1. The molecular weight excluding hydrogens is 388 g/mol. The van der Waals surface area contributed by atoms with Crippen molar-refractivity contribution in [2.45, 2.75) is 13.0 Å². The number of imidazole rings is 1. The van der Waals surface area contributed by atoms with Crippen LogP contribution in [0.15, 0.2) is 79.3 Å². The van der Waals surface area contributed by atoms with E-state index in [2.05, 4.69) is 26.3 Å². The number of amides is 1. The first-order valence-corrected chi connectivity index (χ1v) is 10.2. The molecule has 0 spiro atoms. The van der Waals surface area contributed by atoms with Gasteiger partial charge >= 0.3 is 0 Å². The van der Waals surface area contributed by atoms with Crippen LogP contribution in [0.5, 0.6) is 5.75 Å². The second-order valence-electron chi connectivity index (χ2n) is 7.44. The lowest BCUT2D eigenvalue weighted by Crippen LogP contribution is -2.25. The van der Waals surface area contributed by atoms with Crippen LogP contribution in [0.1, 0.15) is 21.5 Å². The fourth-order valence-corrected chi connectivity index (χ4v) is 3.69. The van der Waals surface area contributed by atoms with Crippen molar-refractivity contribution < 1.29 is 9.53 Å². The van der Waals surface area contributed by atoms with Crippen molar-refractivity contribution in [1.82, 2.24) is 20.3 Å². The van der Waals surface area contributed by atoms with Crippen LogP contribution in [-0.2, 0) is 13.0 Å². The zero-order valence-electron chi connectivity index (χ0n) is 16.9. The maximum absolute atomic E-state index is 12.5. The van der Waals surface area contributed by atoms with E-state index < -0.39 is 0 Å². The highest BCUT2D eigenvalue weighted by Gasteiger charge is 2.09. The van der Waals surface area contributed by atoms with Crippen molar-refractivity contribution in [2.75, 3.05) is 6.54 Å². The summed E-state index contributed by atoms with van der Waals surface area (Å²) in [6.45, 7) is 1.09. The van der Waals surface area contributed by atoms with Gasteiger partial charge in [-0.3, -0.25) is 4.79 Å². The summed E-state index contributed by atoms with van der Waals surface area (Å²) in [6.07, 6.45) is 4.36. The van der Waals surface area contributed by atoms with Crippen LogP contribution in [0.25, 0.3) is 21.9 Å². The summed E-state index contributed by atoms with van der Waals surface area (Å²) >= 11 is 0. The smallest absolute Gasteiger partial charge is 0.251 e. The number of H-pyrrole nitrogens is 2. The fourth-order valence-electron chi connectivity index (χ4n) is 3.69. The van der Waals surface area contributed by atoms with E-state index in [1.165, 1.54) is 0 Å². The molecule has 3 N–H and O–H groups in total. The molecule has 154 valence electrons. The normalized spacial score (nSPS) is 11.1. The molecule has 2 aromatic heterocycles. The third-order valence-corrected chi connectivity index (χ3v) is 5.35. The SMILES string of the molecule is O=C(NCCc1c[nH]c2cc(OCc3ccccc3)ccc12)c1ccc2nc[nH]c2c1. The lowest BCUT2D eigenvalue weighted by atomic mass is 10.1. The maximum atomic E-state index is 12.5. The van der Waals surface area contributed by atoms with Gasteiger partial charge in [0.2, 0.25) is 0 Å². The summed E-state index contributed by atoms with van der Waals surface area (Å²) in [5, 5.41) is 4.14. The van der Waals surface area contributed by atoms with Crippen molar-refractivity contribution in [2.24, 2.45) is 0 Å². The summed E-state index contributed by atoms with van der Waals surface area (Å²) < 4.78 is 5.91. The standard InChI is InChI=1S/C25H22N4O2/c30-25(18-6-9-22-24(12-18)29-16-28-22)26-11-10-19-14-27-23-13-20(7-8-21(19)23)31-15-17-4-2-1-3-5-17/h1-9,12-14,16,27H,10-11,15H2,(H,26,30)(H,28,29). The molecule has 31 heavy (non-hydrogen) atoms. The van der Waals surface area contributed by atoms with Crippen LogP contribution >= 0.6 is 0 Å². The number of rotatable bonds is 7. The predicted molar refractivity (Wildman–Crippen MR) is 121 cm³/mol. The quantitative estimate of drug-likeness (QED) is 0.367. The molecule has 6 heteroatoms. The van der Waals surface area contributed by atoms with Gasteiger partial charge in [0.05, 0.1) is 17.4 Å². The molecule has 0 atom stereocenters. The van der Waals surface area contributed by atoms with Gasteiger partial charge in [-0.15, -0.1) is 0 Å². The fraction of sp³-hybridized carbons (Fsp3) is 0.120. The zero-order chi connectivity index (χ0) is 21.0. The van der Waals surface area contributed by atoms with E-state index in [0.717, 1.165) is 45.2 Å². The van der Waals surface area contributed by atoms with E-state index in [9.17, 15) is 4.79 Å². The Morgan fingerprint density at radius 1 is 0.968 bits per heavy atom. The first kappa shape index (κ1) is 18.9. The van der Waals surface area contributed by atoms with Gasteiger partial charge in [-0.2, -0.15) is 0 Å². The Hall–Kier alpha value is -4.06. The molecular formula is C25H22N4O2. The molecule has 5 aromatic rings. The molecule has 0 aliphatic rings. The summed E-state index contributed by atoms with van der Waals surface area (Å²) in [5.74, 6) is 0.736. The highest BCUT2D eigenvalue weighted by molar-refractivity contribution is 5.97. The minimum absolute atomic E-state index is 0.0899. The largest absolute Gasteiger partial charge is 0.489 e. The Kier molecular flexibility index (Phi) is 5.10. The van der Waals surface area contributed by atoms with Gasteiger partial charge in [0.15, 0.2) is 0 Å². The average Bonchev–Trinajstić information content (AvgIpc) is 3.44. The molecule has 3 aromatic carbocycles. The van der Waals surface area contributed by atoms with Gasteiger partial charge in [-0.25, -0.2) is 4.98 Å². The van der Waals surface area contributed by atoms with Gasteiger partial charge < -0.3 is 20.0 Å². The van der Waals surface area contributed by atoms with E-state index in [4.69, 9.17) is 4.74 Å². The predicted octanol–water partition coefficient (Wildman–Crippen LogP) is 4.60. The number of fused-ring (bicyclic) bond motifs is 2. The van der Waals surface area contributed by atoms with Crippen molar-refractivity contribution in [3.8, 4) is 5.75 Å². The number of carbonyl (C=O) groups is 1. The molecule has 0 unspecified atom stereocenters. The molecule has 2 heterocycles. The number of carbonyl (C=O) groups excluding carboxylic acids is 1. The summed E-state index contributed by atoms with van der Waals surface area (Å²) in [4.78, 5) is 23.0. The number of ether oxygens (including phenoxy) is 1. The van der Waals surface area contributed by atoms with Gasteiger partial charge in [0.1, 0.15) is 12.4 Å². The number of nitrogens with one attached hydrogen (secondary N) is 3. The Morgan fingerprint density at radius 2 is 1.87 bits per heavy atom. The van der Waals surface area contributed by atoms with E-state index in [-0.39, 0.29) is 5.91 Å². The number of hydrogen-bond donors (Lipinski definition) is 3. The van der Waals surface area contributed by atoms with Crippen molar-refractivity contribution in [3.63, 3.8) is 0 Å². The molecule has 1 amide bonds. The van der Waals surface area contributed by atoms with E-state index in [0.29, 0.717) is 18.7 Å². The lowest BCUT2D eigenvalue weighted by molar-refractivity contribution is 0.0954. The van der Waals surface area contributed by atoms with Gasteiger partial charge in [-0.1, -0.05) is 30.3 Å². The van der Waals surface area contributed by atoms with Gasteiger partial charge in [0.25, 0.3) is 5.91 Å². The molecule has 0 saturated carbocycles. The molecule has 6 nitrogen and oxygen atoms in total. The molecule has 0 bridgehead atoms. The minimum Gasteiger partial charge on any atom is -0.489 e. The van der Waals surface area contributed by atoms with Crippen LogP contribution in [-0.4, -0.2) is 27.4 Å². The molecule has 0 saturated heterocycles. The molecule has 0 aliphatic carbocycles. The van der Waals surface area contributed by atoms with E-state index >= 15 is 0 Å². The first-order chi connectivity index (χ1) is 15.3. The highest BCUT2D eigenvalue weighted by atomic mass is 16.5. The monoisotopic (exact) mass is 410 g/mol. The van der Waals surface area contributed by atoms with Crippen LogP contribution in [0.3, 0.4) is 0 Å². The van der Waals surface area contributed by atoms with Crippen LogP contribution in [0.2, 0.25) is 0 Å². The first-order valence-electron chi connectivity index (χ1n) is 10.2. The number of aromatic amines is 2. The summed E-state index contributed by atoms with van der Waals surface area (Å²) in [6, 6.07) is 21.6. The van der Waals surface area contributed by atoms with Gasteiger partial charge in [-0.05, 0) is 47.9 Å².